The monoisotopic (exact) mass is 315 g/mol. The number of hydrogen-bond acceptors (Lipinski definition) is 3. The maximum Gasteiger partial charge on any atom is 0.332 e. The van der Waals surface area contributed by atoms with Crippen molar-refractivity contribution in [3.8, 4) is 0 Å². The summed E-state index contributed by atoms with van der Waals surface area (Å²) in [5.74, 6) is -1.20. The first-order valence-corrected chi connectivity index (χ1v) is 8.04. The molecule has 5 nitrogen and oxygen atoms in total. The van der Waals surface area contributed by atoms with Gasteiger partial charge in [0.15, 0.2) is 0 Å². The van der Waals surface area contributed by atoms with Gasteiger partial charge in [0.1, 0.15) is 5.25 Å². The van der Waals surface area contributed by atoms with Crippen LogP contribution in [0.2, 0.25) is 5.02 Å². The van der Waals surface area contributed by atoms with Crippen LogP contribution in [-0.2, 0) is 14.8 Å². The number of aliphatic carboxylic acids is 1. The summed E-state index contributed by atoms with van der Waals surface area (Å²) in [6.07, 6.45) is 2.99. The normalized spacial score (nSPS) is 19.2. The van der Waals surface area contributed by atoms with Crippen LogP contribution in [0.4, 0.5) is 5.69 Å². The van der Waals surface area contributed by atoms with Gasteiger partial charge in [0.05, 0.1) is 16.3 Å². The number of carboxylic acids is 1. The minimum atomic E-state index is -3.84. The molecular formula is C13H14ClNO4S. The third-order valence-electron chi connectivity index (χ3n) is 3.13. The van der Waals surface area contributed by atoms with Gasteiger partial charge < -0.3 is 5.11 Å². The summed E-state index contributed by atoms with van der Waals surface area (Å²) < 4.78 is 27.1. The Morgan fingerprint density at radius 3 is 2.70 bits per heavy atom. The lowest BCUT2D eigenvalue weighted by Crippen LogP contribution is -2.34. The topological polar surface area (TPSA) is 83.5 Å². The van der Waals surface area contributed by atoms with Crippen molar-refractivity contribution in [1.82, 2.24) is 0 Å². The highest BCUT2D eigenvalue weighted by Gasteiger charge is 2.34. The van der Waals surface area contributed by atoms with Crippen LogP contribution in [0.3, 0.4) is 0 Å². The number of anilines is 1. The fourth-order valence-electron chi connectivity index (χ4n) is 2.16. The molecule has 20 heavy (non-hydrogen) atoms. The molecule has 0 fully saturated rings. The molecule has 1 aliphatic rings. The number of halogens is 1. The van der Waals surface area contributed by atoms with Crippen LogP contribution in [0.25, 0.3) is 0 Å². The van der Waals surface area contributed by atoms with Crippen molar-refractivity contribution >= 4 is 33.3 Å². The van der Waals surface area contributed by atoms with Crippen LogP contribution in [0.15, 0.2) is 35.9 Å². The Morgan fingerprint density at radius 2 is 2.05 bits per heavy atom. The van der Waals surface area contributed by atoms with E-state index >= 15 is 0 Å². The number of hydrogen-bond donors (Lipinski definition) is 2. The number of sulfonamides is 1. The van der Waals surface area contributed by atoms with Crippen LogP contribution < -0.4 is 4.72 Å². The molecule has 1 aromatic rings. The molecule has 0 radical (unpaired) electrons. The van der Waals surface area contributed by atoms with Crippen molar-refractivity contribution in [3.63, 3.8) is 0 Å². The van der Waals surface area contributed by atoms with Gasteiger partial charge in [0, 0.05) is 0 Å². The van der Waals surface area contributed by atoms with Crippen molar-refractivity contribution < 1.29 is 18.3 Å². The summed E-state index contributed by atoms with van der Waals surface area (Å²) in [6.45, 7) is 0. The van der Waals surface area contributed by atoms with E-state index in [9.17, 15) is 13.2 Å². The molecule has 1 aliphatic carbocycles. The van der Waals surface area contributed by atoms with Crippen molar-refractivity contribution in [2.75, 3.05) is 4.72 Å². The van der Waals surface area contributed by atoms with Crippen LogP contribution in [0, 0.1) is 0 Å². The molecule has 108 valence electrons. The summed E-state index contributed by atoms with van der Waals surface area (Å²) in [6, 6.07) is 6.43. The Labute approximate surface area is 122 Å². The fourth-order valence-corrected chi connectivity index (χ4v) is 4.04. The molecule has 1 atom stereocenters. The first-order valence-electron chi connectivity index (χ1n) is 6.11. The number of benzene rings is 1. The Kier molecular flexibility index (Phi) is 4.35. The minimum absolute atomic E-state index is 0.0733. The van der Waals surface area contributed by atoms with Crippen molar-refractivity contribution in [1.29, 1.82) is 0 Å². The molecule has 1 unspecified atom stereocenters. The van der Waals surface area contributed by atoms with E-state index in [2.05, 4.69) is 4.72 Å². The van der Waals surface area contributed by atoms with Gasteiger partial charge in [-0.2, -0.15) is 0 Å². The molecule has 0 spiro atoms. The van der Waals surface area contributed by atoms with Crippen LogP contribution in [0.5, 0.6) is 0 Å². The molecule has 0 saturated heterocycles. The Bertz CT molecular complexity index is 654. The zero-order valence-corrected chi connectivity index (χ0v) is 12.1. The average molecular weight is 316 g/mol. The molecule has 0 heterocycles. The lowest BCUT2D eigenvalue weighted by atomic mass is 9.99. The van der Waals surface area contributed by atoms with E-state index in [1.54, 1.807) is 18.2 Å². The van der Waals surface area contributed by atoms with Gasteiger partial charge in [-0.3, -0.25) is 4.72 Å². The molecular weight excluding hydrogens is 302 g/mol. The fraction of sp³-hybridized carbons (Fsp3) is 0.308. The lowest BCUT2D eigenvalue weighted by molar-refractivity contribution is -0.132. The van der Waals surface area contributed by atoms with Crippen LogP contribution >= 0.6 is 11.6 Å². The number of carbonyl (C=O) groups is 1. The Balaban J connectivity index is 2.31. The third-order valence-corrected chi connectivity index (χ3v) is 5.20. The number of carboxylic acid groups (broad SMARTS) is 1. The maximum atomic E-state index is 12.3. The van der Waals surface area contributed by atoms with Gasteiger partial charge >= 0.3 is 5.97 Å². The number of allylic oxidation sites excluding steroid dienone is 1. The van der Waals surface area contributed by atoms with E-state index in [-0.39, 0.29) is 22.7 Å². The molecule has 0 saturated carbocycles. The van der Waals surface area contributed by atoms with Gasteiger partial charge in [-0.25, -0.2) is 13.2 Å². The van der Waals surface area contributed by atoms with E-state index in [1.807, 2.05) is 0 Å². The SMILES string of the molecule is O=C(O)C1=CCCCC1S(=O)(=O)Nc1ccccc1Cl. The van der Waals surface area contributed by atoms with Crippen molar-refractivity contribution in [2.24, 2.45) is 0 Å². The van der Waals surface area contributed by atoms with Gasteiger partial charge in [-0.1, -0.05) is 29.8 Å². The van der Waals surface area contributed by atoms with E-state index in [4.69, 9.17) is 16.7 Å². The molecule has 2 rings (SSSR count). The highest BCUT2D eigenvalue weighted by molar-refractivity contribution is 7.93. The largest absolute Gasteiger partial charge is 0.478 e. The molecule has 2 N–H and O–H groups in total. The summed E-state index contributed by atoms with van der Waals surface area (Å²) in [5, 5.41) is 8.33. The van der Waals surface area contributed by atoms with Gasteiger partial charge in [0.25, 0.3) is 0 Å². The maximum absolute atomic E-state index is 12.3. The van der Waals surface area contributed by atoms with Crippen molar-refractivity contribution in [3.05, 3.63) is 40.9 Å². The van der Waals surface area contributed by atoms with E-state index < -0.39 is 21.2 Å². The summed E-state index contributed by atoms with van der Waals surface area (Å²) in [4.78, 5) is 11.1. The number of rotatable bonds is 4. The molecule has 0 aromatic heterocycles. The highest BCUT2D eigenvalue weighted by Crippen LogP contribution is 2.28. The molecule has 7 heteroatoms. The van der Waals surface area contributed by atoms with Crippen molar-refractivity contribution in [2.45, 2.75) is 24.5 Å². The lowest BCUT2D eigenvalue weighted by Gasteiger charge is -2.22. The second kappa shape index (κ2) is 5.85. The van der Waals surface area contributed by atoms with E-state index in [0.717, 1.165) is 0 Å². The predicted octanol–water partition coefficient (Wildman–Crippen LogP) is 2.65. The molecule has 0 bridgehead atoms. The van der Waals surface area contributed by atoms with E-state index in [0.29, 0.717) is 12.8 Å². The average Bonchev–Trinajstić information content (AvgIpc) is 2.41. The van der Waals surface area contributed by atoms with Gasteiger partial charge in [-0.05, 0) is 31.4 Å². The highest BCUT2D eigenvalue weighted by atomic mass is 35.5. The quantitative estimate of drug-likeness (QED) is 0.894. The standard InChI is InChI=1S/C13H14ClNO4S/c14-10-6-2-3-7-11(10)15-20(18,19)12-8-4-1-5-9(12)13(16)17/h2-3,5-7,12,15H,1,4,8H2,(H,16,17). The molecule has 1 aromatic carbocycles. The zero-order chi connectivity index (χ0) is 14.8. The second-order valence-electron chi connectivity index (χ2n) is 4.51. The summed E-state index contributed by atoms with van der Waals surface area (Å²) in [7, 11) is -3.84. The number of para-hydroxylation sites is 1. The van der Waals surface area contributed by atoms with Crippen LogP contribution in [0.1, 0.15) is 19.3 Å². The predicted molar refractivity (Wildman–Crippen MR) is 77.4 cm³/mol. The third kappa shape index (κ3) is 3.13. The number of nitrogens with one attached hydrogen (secondary N) is 1. The first kappa shape index (κ1) is 14.9. The zero-order valence-electron chi connectivity index (χ0n) is 10.5. The first-order chi connectivity index (χ1) is 9.42. The second-order valence-corrected chi connectivity index (χ2v) is 6.78. The Morgan fingerprint density at radius 1 is 1.35 bits per heavy atom. The van der Waals surface area contributed by atoms with Gasteiger partial charge in [-0.15, -0.1) is 0 Å². The minimum Gasteiger partial charge on any atom is -0.478 e. The van der Waals surface area contributed by atoms with Gasteiger partial charge in [0.2, 0.25) is 10.0 Å². The Hall–Kier alpha value is -1.53. The summed E-state index contributed by atoms with van der Waals surface area (Å²) >= 11 is 5.91. The molecule has 0 aliphatic heterocycles. The van der Waals surface area contributed by atoms with E-state index in [1.165, 1.54) is 12.1 Å². The van der Waals surface area contributed by atoms with Crippen LogP contribution in [-0.4, -0.2) is 24.7 Å². The summed E-state index contributed by atoms with van der Waals surface area (Å²) in [5.41, 5.74) is 0.181. The smallest absolute Gasteiger partial charge is 0.332 e. The molecule has 0 amide bonds.